The fourth-order valence-corrected chi connectivity index (χ4v) is 3.64. The van der Waals surface area contributed by atoms with E-state index in [0.29, 0.717) is 25.2 Å². The standard InChI is InChI=1S/C17H34N4O2.HI/c1-4-20-8-5-6-16(20)12-19-17(18-2)21-9-7-15(13-21)14-23-11-10-22-3;/h15-16H,4-14H2,1-3H3,(H,18,19);1H. The summed E-state index contributed by atoms with van der Waals surface area (Å²) in [6, 6.07) is 0.660. The number of likely N-dealkylation sites (N-methyl/N-ethyl adjacent to an activating group) is 1. The second kappa shape index (κ2) is 12.3. The molecule has 2 atom stereocenters. The van der Waals surface area contributed by atoms with Gasteiger partial charge in [0.1, 0.15) is 0 Å². The van der Waals surface area contributed by atoms with Crippen LogP contribution in [0.2, 0.25) is 0 Å². The summed E-state index contributed by atoms with van der Waals surface area (Å²) in [6.07, 6.45) is 3.80. The van der Waals surface area contributed by atoms with E-state index < -0.39 is 0 Å². The number of guanidine groups is 1. The van der Waals surface area contributed by atoms with Crippen LogP contribution in [0, 0.1) is 5.92 Å². The molecule has 2 aliphatic heterocycles. The van der Waals surface area contributed by atoms with Crippen LogP contribution in [-0.4, -0.2) is 88.5 Å². The Balaban J connectivity index is 0.00000288. The smallest absolute Gasteiger partial charge is 0.193 e. The van der Waals surface area contributed by atoms with Gasteiger partial charge in [0.15, 0.2) is 5.96 Å². The minimum atomic E-state index is 0. The van der Waals surface area contributed by atoms with E-state index in [1.54, 1.807) is 7.11 Å². The average Bonchev–Trinajstić information content (AvgIpc) is 3.21. The number of likely N-dealkylation sites (tertiary alicyclic amines) is 2. The highest BCUT2D eigenvalue weighted by atomic mass is 127. The molecule has 7 heteroatoms. The van der Waals surface area contributed by atoms with Gasteiger partial charge in [-0.05, 0) is 32.4 Å². The molecule has 0 saturated carbocycles. The lowest BCUT2D eigenvalue weighted by molar-refractivity contribution is 0.0536. The van der Waals surface area contributed by atoms with Crippen molar-refractivity contribution in [2.45, 2.75) is 32.2 Å². The van der Waals surface area contributed by atoms with Crippen molar-refractivity contribution in [3.05, 3.63) is 0 Å². The Hall–Kier alpha value is -0.120. The Labute approximate surface area is 164 Å². The third-order valence-corrected chi connectivity index (χ3v) is 4.98. The van der Waals surface area contributed by atoms with Gasteiger partial charge in [-0.1, -0.05) is 6.92 Å². The predicted molar refractivity (Wildman–Crippen MR) is 109 cm³/mol. The summed E-state index contributed by atoms with van der Waals surface area (Å²) in [5.41, 5.74) is 0. The molecule has 0 aliphatic carbocycles. The molecule has 0 spiro atoms. The van der Waals surface area contributed by atoms with E-state index in [0.717, 1.165) is 38.7 Å². The van der Waals surface area contributed by atoms with Crippen molar-refractivity contribution >= 4 is 29.9 Å². The second-order valence-corrected chi connectivity index (χ2v) is 6.52. The third-order valence-electron chi connectivity index (χ3n) is 4.98. The minimum absolute atomic E-state index is 0. The van der Waals surface area contributed by atoms with Crippen molar-refractivity contribution in [1.29, 1.82) is 0 Å². The zero-order valence-corrected chi connectivity index (χ0v) is 17.8. The van der Waals surface area contributed by atoms with Gasteiger partial charge in [-0.2, -0.15) is 0 Å². The fourth-order valence-electron chi connectivity index (χ4n) is 3.64. The molecule has 0 bridgehead atoms. The molecule has 0 aromatic rings. The number of methoxy groups -OCH3 is 1. The van der Waals surface area contributed by atoms with Gasteiger partial charge < -0.3 is 19.7 Å². The van der Waals surface area contributed by atoms with Gasteiger partial charge in [0.25, 0.3) is 0 Å². The lowest BCUT2D eigenvalue weighted by Gasteiger charge is -2.27. The molecular weight excluding hydrogens is 419 g/mol. The van der Waals surface area contributed by atoms with E-state index in [1.807, 2.05) is 7.05 Å². The Kier molecular flexibility index (Phi) is 11.2. The molecular formula is C17H35IN4O2. The van der Waals surface area contributed by atoms with Crippen LogP contribution in [0.3, 0.4) is 0 Å². The van der Waals surface area contributed by atoms with Crippen LogP contribution in [0.4, 0.5) is 0 Å². The molecule has 2 rings (SSSR count). The monoisotopic (exact) mass is 454 g/mol. The van der Waals surface area contributed by atoms with E-state index in [4.69, 9.17) is 9.47 Å². The maximum atomic E-state index is 5.67. The lowest BCUT2D eigenvalue weighted by Crippen LogP contribution is -2.46. The lowest BCUT2D eigenvalue weighted by atomic mass is 10.1. The van der Waals surface area contributed by atoms with Crippen LogP contribution in [0.15, 0.2) is 4.99 Å². The third kappa shape index (κ3) is 6.65. The molecule has 6 nitrogen and oxygen atoms in total. The summed E-state index contributed by atoms with van der Waals surface area (Å²) in [5.74, 6) is 1.65. The number of aliphatic imine (C=N–C) groups is 1. The molecule has 2 unspecified atom stereocenters. The van der Waals surface area contributed by atoms with Crippen molar-refractivity contribution in [3.8, 4) is 0 Å². The van der Waals surface area contributed by atoms with E-state index in [2.05, 4.69) is 27.0 Å². The minimum Gasteiger partial charge on any atom is -0.382 e. The van der Waals surface area contributed by atoms with Gasteiger partial charge in [0, 0.05) is 45.8 Å². The van der Waals surface area contributed by atoms with Crippen molar-refractivity contribution in [1.82, 2.24) is 15.1 Å². The van der Waals surface area contributed by atoms with Gasteiger partial charge in [0.2, 0.25) is 0 Å². The highest BCUT2D eigenvalue weighted by Gasteiger charge is 2.27. The average molecular weight is 454 g/mol. The first-order valence-electron chi connectivity index (χ1n) is 9.04. The Morgan fingerprint density at radius 3 is 2.79 bits per heavy atom. The van der Waals surface area contributed by atoms with Crippen molar-refractivity contribution in [2.75, 3.05) is 66.7 Å². The van der Waals surface area contributed by atoms with Crippen LogP contribution in [-0.2, 0) is 9.47 Å². The molecule has 2 saturated heterocycles. The van der Waals surface area contributed by atoms with E-state index >= 15 is 0 Å². The molecule has 0 radical (unpaired) electrons. The molecule has 142 valence electrons. The maximum absolute atomic E-state index is 5.67. The quantitative estimate of drug-likeness (QED) is 0.262. The van der Waals surface area contributed by atoms with E-state index in [9.17, 15) is 0 Å². The summed E-state index contributed by atoms with van der Waals surface area (Å²) in [6.45, 7) is 9.94. The second-order valence-electron chi connectivity index (χ2n) is 6.52. The van der Waals surface area contributed by atoms with Gasteiger partial charge in [-0.25, -0.2) is 0 Å². The molecule has 2 heterocycles. The first kappa shape index (κ1) is 21.9. The predicted octanol–water partition coefficient (Wildman–Crippen LogP) is 1.65. The summed E-state index contributed by atoms with van der Waals surface area (Å²) in [4.78, 5) is 9.41. The topological polar surface area (TPSA) is 49.3 Å². The number of rotatable bonds is 8. The van der Waals surface area contributed by atoms with E-state index in [-0.39, 0.29) is 24.0 Å². The molecule has 24 heavy (non-hydrogen) atoms. The molecule has 0 amide bonds. The molecule has 0 aromatic carbocycles. The van der Waals surface area contributed by atoms with Crippen LogP contribution in [0.25, 0.3) is 0 Å². The number of hydrogen-bond acceptors (Lipinski definition) is 4. The van der Waals surface area contributed by atoms with Crippen LogP contribution < -0.4 is 5.32 Å². The normalized spacial score (nSPS) is 25.1. The highest BCUT2D eigenvalue weighted by Crippen LogP contribution is 2.18. The highest BCUT2D eigenvalue weighted by molar-refractivity contribution is 14.0. The summed E-state index contributed by atoms with van der Waals surface area (Å²) >= 11 is 0. The first-order valence-corrected chi connectivity index (χ1v) is 9.04. The fraction of sp³-hybridized carbons (Fsp3) is 0.941. The number of halogens is 1. The van der Waals surface area contributed by atoms with Crippen molar-refractivity contribution in [3.63, 3.8) is 0 Å². The maximum Gasteiger partial charge on any atom is 0.193 e. The zero-order valence-electron chi connectivity index (χ0n) is 15.5. The van der Waals surface area contributed by atoms with Gasteiger partial charge in [-0.3, -0.25) is 9.89 Å². The zero-order chi connectivity index (χ0) is 16.5. The summed E-state index contributed by atoms with van der Waals surface area (Å²) in [7, 11) is 3.59. The molecule has 2 aliphatic rings. The number of hydrogen-bond donors (Lipinski definition) is 1. The Morgan fingerprint density at radius 2 is 2.08 bits per heavy atom. The molecule has 1 N–H and O–H groups in total. The summed E-state index contributed by atoms with van der Waals surface area (Å²) in [5, 5.41) is 3.59. The Bertz CT molecular complexity index is 370. The molecule has 0 aromatic heterocycles. The van der Waals surface area contributed by atoms with Crippen LogP contribution in [0.5, 0.6) is 0 Å². The Morgan fingerprint density at radius 1 is 1.25 bits per heavy atom. The number of nitrogens with zero attached hydrogens (tertiary/aromatic N) is 3. The van der Waals surface area contributed by atoms with Crippen molar-refractivity contribution < 1.29 is 9.47 Å². The largest absolute Gasteiger partial charge is 0.382 e. The van der Waals surface area contributed by atoms with Gasteiger partial charge in [0.05, 0.1) is 19.8 Å². The van der Waals surface area contributed by atoms with Crippen LogP contribution in [0.1, 0.15) is 26.2 Å². The van der Waals surface area contributed by atoms with Gasteiger partial charge >= 0.3 is 0 Å². The number of nitrogens with one attached hydrogen (secondary N) is 1. The first-order chi connectivity index (χ1) is 11.3. The van der Waals surface area contributed by atoms with Crippen molar-refractivity contribution in [2.24, 2.45) is 10.9 Å². The van der Waals surface area contributed by atoms with Crippen LogP contribution >= 0.6 is 24.0 Å². The van der Waals surface area contributed by atoms with E-state index in [1.165, 1.54) is 25.8 Å². The van der Waals surface area contributed by atoms with Gasteiger partial charge in [-0.15, -0.1) is 24.0 Å². The summed E-state index contributed by atoms with van der Waals surface area (Å²) < 4.78 is 10.7. The number of ether oxygens (including phenoxy) is 2. The molecule has 2 fully saturated rings. The SMILES string of the molecule is CCN1CCCC1CNC(=NC)N1CCC(COCCOC)C1.I.